The van der Waals surface area contributed by atoms with Crippen LogP contribution in [0.3, 0.4) is 0 Å². The van der Waals surface area contributed by atoms with Gasteiger partial charge in [0, 0.05) is 7.05 Å². The van der Waals surface area contributed by atoms with E-state index in [2.05, 4.69) is 63.0 Å². The van der Waals surface area contributed by atoms with Gasteiger partial charge in [-0.05, 0) is 61.7 Å². The predicted octanol–water partition coefficient (Wildman–Crippen LogP) is 7.29. The molecule has 2 heteroatoms. The van der Waals surface area contributed by atoms with Crippen molar-refractivity contribution in [1.29, 1.82) is 0 Å². The zero-order valence-electron chi connectivity index (χ0n) is 17.1. The number of rotatable bonds is 9. The molecule has 0 aromatic rings. The van der Waals surface area contributed by atoms with Crippen molar-refractivity contribution in [1.82, 2.24) is 4.90 Å². The number of nitrogens with zero attached hydrogens (tertiary/aromatic N) is 1. The SMILES string of the molecule is C#C/C(C(=C)N(C)C(=C)S/C(C)=C\C)=C(\C=C/C)CC(=C)C1=CCCC=C1. The maximum absolute atomic E-state index is 5.89. The maximum atomic E-state index is 5.89. The molecule has 1 nitrogen and oxygen atoms in total. The van der Waals surface area contributed by atoms with Crippen molar-refractivity contribution >= 4 is 11.8 Å². The van der Waals surface area contributed by atoms with Gasteiger partial charge in [0.15, 0.2) is 0 Å². The quantitative estimate of drug-likeness (QED) is 0.306. The molecule has 0 saturated heterocycles. The van der Waals surface area contributed by atoms with Crippen molar-refractivity contribution in [3.05, 3.63) is 94.1 Å². The molecule has 0 unspecified atom stereocenters. The Bertz CT molecular complexity index is 791. The smallest absolute Gasteiger partial charge is 0.0721 e. The van der Waals surface area contributed by atoms with Gasteiger partial charge in [0.25, 0.3) is 0 Å². The Morgan fingerprint density at radius 1 is 1.30 bits per heavy atom. The minimum Gasteiger partial charge on any atom is -0.339 e. The first-order valence-corrected chi connectivity index (χ1v) is 9.97. The lowest BCUT2D eigenvalue weighted by atomic mass is 9.92. The summed E-state index contributed by atoms with van der Waals surface area (Å²) in [6, 6.07) is 0. The van der Waals surface area contributed by atoms with E-state index in [0.717, 1.165) is 40.3 Å². The topological polar surface area (TPSA) is 3.24 Å². The Morgan fingerprint density at radius 2 is 2.00 bits per heavy atom. The second-order valence-electron chi connectivity index (χ2n) is 6.36. The van der Waals surface area contributed by atoms with Gasteiger partial charge in [0.2, 0.25) is 0 Å². The zero-order valence-corrected chi connectivity index (χ0v) is 18.0. The van der Waals surface area contributed by atoms with Crippen LogP contribution in [0.15, 0.2) is 94.1 Å². The number of hydrogen-bond donors (Lipinski definition) is 0. The molecule has 0 aliphatic heterocycles. The van der Waals surface area contributed by atoms with Crippen LogP contribution in [0.4, 0.5) is 0 Å². The van der Waals surface area contributed by atoms with Gasteiger partial charge in [-0.3, -0.25) is 0 Å². The average molecular weight is 378 g/mol. The minimum atomic E-state index is 0.695. The Labute approximate surface area is 170 Å². The summed E-state index contributed by atoms with van der Waals surface area (Å²) in [7, 11) is 1.95. The fourth-order valence-corrected chi connectivity index (χ4v) is 3.37. The summed E-state index contributed by atoms with van der Waals surface area (Å²) in [5.74, 6) is 2.84. The zero-order chi connectivity index (χ0) is 20.4. The molecule has 0 atom stereocenters. The van der Waals surface area contributed by atoms with Crippen LogP contribution in [0.25, 0.3) is 0 Å². The molecular formula is C25H31NS. The molecule has 27 heavy (non-hydrogen) atoms. The Balaban J connectivity index is 3.13. The lowest BCUT2D eigenvalue weighted by molar-refractivity contribution is 0.573. The van der Waals surface area contributed by atoms with E-state index in [4.69, 9.17) is 6.42 Å². The average Bonchev–Trinajstić information content (AvgIpc) is 2.68. The van der Waals surface area contributed by atoms with Crippen molar-refractivity contribution in [2.24, 2.45) is 0 Å². The molecule has 142 valence electrons. The molecular weight excluding hydrogens is 346 g/mol. The first-order chi connectivity index (χ1) is 12.8. The molecule has 0 saturated carbocycles. The Hall–Kier alpha value is -2.37. The molecule has 0 fully saturated rings. The molecule has 0 N–H and O–H groups in total. The summed E-state index contributed by atoms with van der Waals surface area (Å²) in [6.07, 6.45) is 21.4. The van der Waals surface area contributed by atoms with Crippen LogP contribution in [0.5, 0.6) is 0 Å². The van der Waals surface area contributed by atoms with Gasteiger partial charge in [-0.1, -0.05) is 73.9 Å². The summed E-state index contributed by atoms with van der Waals surface area (Å²) in [5, 5.41) is 0.889. The van der Waals surface area contributed by atoms with Crippen LogP contribution in [0, 0.1) is 12.3 Å². The summed E-state index contributed by atoms with van der Waals surface area (Å²) >= 11 is 1.61. The van der Waals surface area contributed by atoms with Crippen LogP contribution in [-0.2, 0) is 0 Å². The molecule has 0 radical (unpaired) electrons. The highest BCUT2D eigenvalue weighted by Crippen LogP contribution is 2.32. The number of hydrogen-bond acceptors (Lipinski definition) is 2. The van der Waals surface area contributed by atoms with Crippen molar-refractivity contribution in [2.75, 3.05) is 7.05 Å². The van der Waals surface area contributed by atoms with E-state index in [-0.39, 0.29) is 0 Å². The van der Waals surface area contributed by atoms with Crippen molar-refractivity contribution in [3.63, 3.8) is 0 Å². The van der Waals surface area contributed by atoms with Gasteiger partial charge in [-0.15, -0.1) is 6.42 Å². The Morgan fingerprint density at radius 3 is 2.52 bits per heavy atom. The van der Waals surface area contributed by atoms with Crippen LogP contribution in [0.2, 0.25) is 0 Å². The number of likely N-dealkylation sites (N-methyl/N-ethyl adjacent to an activating group) is 1. The number of allylic oxidation sites excluding steroid dienone is 11. The fraction of sp³-hybridized carbons (Fsp3) is 0.280. The third kappa shape index (κ3) is 6.70. The lowest BCUT2D eigenvalue weighted by Gasteiger charge is -2.25. The van der Waals surface area contributed by atoms with E-state index in [1.54, 1.807) is 11.8 Å². The molecule has 0 amide bonds. The van der Waals surface area contributed by atoms with E-state index >= 15 is 0 Å². The molecule has 1 aliphatic rings. The van der Waals surface area contributed by atoms with Gasteiger partial charge in [0.1, 0.15) is 0 Å². The third-order valence-electron chi connectivity index (χ3n) is 4.39. The molecule has 1 rings (SSSR count). The van der Waals surface area contributed by atoms with Gasteiger partial charge < -0.3 is 4.90 Å². The molecule has 0 bridgehead atoms. The second kappa shape index (κ2) is 11.4. The molecule has 0 aromatic heterocycles. The van der Waals surface area contributed by atoms with E-state index < -0.39 is 0 Å². The standard InChI is InChI=1S/C25H31NS/c1-9-15-24(18-19(4)23-16-13-12-14-17-23)25(11-3)21(6)26(8)22(7)27-20(5)10-2/h3,9-10,13,15-17H,4,6-7,12,14,18H2,1-2,5,8H3/b15-9-,20-10-,25-24-. The van der Waals surface area contributed by atoms with Crippen LogP contribution in [-0.4, -0.2) is 11.9 Å². The number of thioether (sulfide) groups is 1. The fourth-order valence-electron chi connectivity index (χ4n) is 2.63. The van der Waals surface area contributed by atoms with Gasteiger partial charge >= 0.3 is 0 Å². The molecule has 0 aromatic carbocycles. The maximum Gasteiger partial charge on any atom is 0.0721 e. The van der Waals surface area contributed by atoms with Gasteiger partial charge in [-0.25, -0.2) is 0 Å². The highest BCUT2D eigenvalue weighted by atomic mass is 32.2. The van der Waals surface area contributed by atoms with Crippen molar-refractivity contribution in [3.8, 4) is 12.3 Å². The predicted molar refractivity (Wildman–Crippen MR) is 124 cm³/mol. The normalized spacial score (nSPS) is 15.1. The van der Waals surface area contributed by atoms with Gasteiger partial charge in [-0.2, -0.15) is 0 Å². The van der Waals surface area contributed by atoms with E-state index in [1.807, 2.05) is 31.9 Å². The monoisotopic (exact) mass is 377 g/mol. The summed E-state index contributed by atoms with van der Waals surface area (Å²) in [5.41, 5.74) is 4.87. The first-order valence-electron chi connectivity index (χ1n) is 9.15. The molecule has 0 heterocycles. The summed E-state index contributed by atoms with van der Waals surface area (Å²) in [6.45, 7) is 18.8. The molecule has 1 aliphatic carbocycles. The van der Waals surface area contributed by atoms with Gasteiger partial charge in [0.05, 0.1) is 16.3 Å². The highest BCUT2D eigenvalue weighted by Gasteiger charge is 2.15. The first kappa shape index (κ1) is 22.7. The van der Waals surface area contributed by atoms with E-state index in [1.165, 1.54) is 10.5 Å². The lowest BCUT2D eigenvalue weighted by Crippen LogP contribution is -2.16. The van der Waals surface area contributed by atoms with E-state index in [9.17, 15) is 0 Å². The van der Waals surface area contributed by atoms with E-state index in [0.29, 0.717) is 6.42 Å². The van der Waals surface area contributed by atoms with Crippen LogP contribution in [0.1, 0.15) is 40.0 Å². The number of terminal acetylenes is 1. The third-order valence-corrected chi connectivity index (χ3v) is 5.46. The molecule has 0 spiro atoms. The van der Waals surface area contributed by atoms with Crippen LogP contribution >= 0.6 is 11.8 Å². The summed E-state index contributed by atoms with van der Waals surface area (Å²) in [4.78, 5) is 3.14. The van der Waals surface area contributed by atoms with Crippen LogP contribution < -0.4 is 0 Å². The largest absolute Gasteiger partial charge is 0.339 e. The second-order valence-corrected chi connectivity index (χ2v) is 7.68. The Kier molecular flexibility index (Phi) is 9.54. The minimum absolute atomic E-state index is 0.695. The van der Waals surface area contributed by atoms with Crippen molar-refractivity contribution < 1.29 is 0 Å². The van der Waals surface area contributed by atoms with Crippen molar-refractivity contribution in [2.45, 2.75) is 40.0 Å². The highest BCUT2D eigenvalue weighted by molar-refractivity contribution is 8.06. The summed E-state index contributed by atoms with van der Waals surface area (Å²) < 4.78 is 0.